The first-order chi connectivity index (χ1) is 7.42. The van der Waals surface area contributed by atoms with Gasteiger partial charge in [-0.2, -0.15) is 0 Å². The van der Waals surface area contributed by atoms with E-state index in [2.05, 4.69) is 46.5 Å². The summed E-state index contributed by atoms with van der Waals surface area (Å²) in [5, 5.41) is 3.86. The quantitative estimate of drug-likeness (QED) is 0.709. The summed E-state index contributed by atoms with van der Waals surface area (Å²) in [5.74, 6) is 1.28. The molecule has 0 spiro atoms. The third kappa shape index (κ3) is 2.88. The molecule has 1 saturated heterocycles. The molecule has 1 aliphatic rings. The standard InChI is InChI=1S/C15H29N/c1-7-9-13-10-11(3)12(4)14(8-2)15(5,6)16-13/h11,13-14,16H,4,7-10H2,1-3,5-6H3. The lowest BCUT2D eigenvalue weighted by atomic mass is 9.77. The summed E-state index contributed by atoms with van der Waals surface area (Å²) in [6.07, 6.45) is 5.01. The van der Waals surface area contributed by atoms with E-state index in [0.29, 0.717) is 17.9 Å². The smallest absolute Gasteiger partial charge is 0.0192 e. The van der Waals surface area contributed by atoms with Gasteiger partial charge in [-0.25, -0.2) is 0 Å². The molecule has 1 nitrogen and oxygen atoms in total. The Labute approximate surface area is 102 Å². The van der Waals surface area contributed by atoms with E-state index in [9.17, 15) is 0 Å². The van der Waals surface area contributed by atoms with Gasteiger partial charge in [-0.05, 0) is 44.9 Å². The molecular formula is C15H29N. The molecular weight excluding hydrogens is 194 g/mol. The Kier molecular flexibility index (Phi) is 4.61. The van der Waals surface area contributed by atoms with Crippen LogP contribution in [0.3, 0.4) is 0 Å². The molecule has 0 saturated carbocycles. The molecule has 0 amide bonds. The molecule has 1 fully saturated rings. The van der Waals surface area contributed by atoms with Gasteiger partial charge in [-0.1, -0.05) is 39.3 Å². The van der Waals surface area contributed by atoms with Crippen LogP contribution < -0.4 is 5.32 Å². The summed E-state index contributed by atoms with van der Waals surface area (Å²) in [6.45, 7) is 15.9. The Balaban J connectivity index is 2.88. The average Bonchev–Trinajstić information content (AvgIpc) is 2.23. The average molecular weight is 223 g/mol. The maximum Gasteiger partial charge on any atom is 0.0192 e. The molecule has 1 rings (SSSR count). The predicted molar refractivity (Wildman–Crippen MR) is 72.6 cm³/mol. The molecule has 1 N–H and O–H groups in total. The lowest BCUT2D eigenvalue weighted by Crippen LogP contribution is -2.49. The van der Waals surface area contributed by atoms with Crippen LogP contribution in [-0.2, 0) is 0 Å². The number of rotatable bonds is 3. The highest BCUT2D eigenvalue weighted by Gasteiger charge is 2.37. The van der Waals surface area contributed by atoms with E-state index >= 15 is 0 Å². The summed E-state index contributed by atoms with van der Waals surface area (Å²) in [5.41, 5.74) is 1.66. The van der Waals surface area contributed by atoms with E-state index in [1.54, 1.807) is 0 Å². The third-order valence-electron chi connectivity index (χ3n) is 4.21. The Morgan fingerprint density at radius 2 is 2.00 bits per heavy atom. The van der Waals surface area contributed by atoms with Crippen molar-refractivity contribution < 1.29 is 0 Å². The van der Waals surface area contributed by atoms with Gasteiger partial charge in [-0.3, -0.25) is 0 Å². The van der Waals surface area contributed by atoms with Crippen molar-refractivity contribution in [2.45, 2.75) is 71.9 Å². The van der Waals surface area contributed by atoms with E-state index in [1.165, 1.54) is 31.3 Å². The Morgan fingerprint density at radius 3 is 2.50 bits per heavy atom. The minimum Gasteiger partial charge on any atom is -0.308 e. The van der Waals surface area contributed by atoms with Crippen LogP contribution in [0.2, 0.25) is 0 Å². The fourth-order valence-corrected chi connectivity index (χ4v) is 3.38. The van der Waals surface area contributed by atoms with Crippen LogP contribution in [0.25, 0.3) is 0 Å². The van der Waals surface area contributed by atoms with E-state index in [4.69, 9.17) is 0 Å². The van der Waals surface area contributed by atoms with Crippen molar-refractivity contribution in [1.29, 1.82) is 0 Å². The molecule has 0 aromatic carbocycles. The highest BCUT2D eigenvalue weighted by atomic mass is 15.0. The summed E-state index contributed by atoms with van der Waals surface area (Å²) in [7, 11) is 0. The van der Waals surface area contributed by atoms with E-state index < -0.39 is 0 Å². The van der Waals surface area contributed by atoms with Gasteiger partial charge in [0.1, 0.15) is 0 Å². The van der Waals surface area contributed by atoms with Crippen molar-refractivity contribution in [3.63, 3.8) is 0 Å². The van der Waals surface area contributed by atoms with Crippen LogP contribution >= 0.6 is 0 Å². The monoisotopic (exact) mass is 223 g/mol. The summed E-state index contributed by atoms with van der Waals surface area (Å²) in [6, 6.07) is 0.670. The predicted octanol–water partition coefficient (Wildman–Crippen LogP) is 4.15. The second kappa shape index (κ2) is 5.35. The molecule has 0 radical (unpaired) electrons. The van der Waals surface area contributed by atoms with Gasteiger partial charge >= 0.3 is 0 Å². The van der Waals surface area contributed by atoms with Crippen molar-refractivity contribution in [2.75, 3.05) is 0 Å². The van der Waals surface area contributed by atoms with Crippen LogP contribution in [-0.4, -0.2) is 11.6 Å². The van der Waals surface area contributed by atoms with Gasteiger partial charge in [0, 0.05) is 11.6 Å². The van der Waals surface area contributed by atoms with Gasteiger partial charge < -0.3 is 5.32 Å². The Hall–Kier alpha value is -0.300. The third-order valence-corrected chi connectivity index (χ3v) is 4.21. The van der Waals surface area contributed by atoms with Crippen molar-refractivity contribution >= 4 is 0 Å². The van der Waals surface area contributed by atoms with Gasteiger partial charge in [0.2, 0.25) is 0 Å². The zero-order chi connectivity index (χ0) is 12.3. The molecule has 94 valence electrons. The van der Waals surface area contributed by atoms with Crippen molar-refractivity contribution in [3.05, 3.63) is 12.2 Å². The van der Waals surface area contributed by atoms with E-state index in [0.717, 1.165) is 0 Å². The van der Waals surface area contributed by atoms with Gasteiger partial charge in [0.05, 0.1) is 0 Å². The molecule has 3 unspecified atom stereocenters. The van der Waals surface area contributed by atoms with Crippen LogP contribution in [0, 0.1) is 11.8 Å². The van der Waals surface area contributed by atoms with Crippen LogP contribution in [0.15, 0.2) is 12.2 Å². The highest BCUT2D eigenvalue weighted by Crippen LogP contribution is 2.37. The molecule has 1 heteroatoms. The second-order valence-electron chi connectivity index (χ2n) is 6.02. The summed E-state index contributed by atoms with van der Waals surface area (Å²) in [4.78, 5) is 0. The zero-order valence-corrected chi connectivity index (χ0v) is 11.8. The van der Waals surface area contributed by atoms with Crippen molar-refractivity contribution in [2.24, 2.45) is 11.8 Å². The summed E-state index contributed by atoms with van der Waals surface area (Å²) < 4.78 is 0. The number of hydrogen-bond acceptors (Lipinski definition) is 1. The van der Waals surface area contributed by atoms with Crippen LogP contribution in [0.1, 0.15) is 60.3 Å². The first-order valence-electron chi connectivity index (χ1n) is 6.88. The van der Waals surface area contributed by atoms with Crippen molar-refractivity contribution in [3.8, 4) is 0 Å². The minimum absolute atomic E-state index is 0.205. The lowest BCUT2D eigenvalue weighted by molar-refractivity contribution is 0.257. The molecule has 0 bridgehead atoms. The van der Waals surface area contributed by atoms with E-state index in [-0.39, 0.29) is 5.54 Å². The number of nitrogens with one attached hydrogen (secondary N) is 1. The maximum absolute atomic E-state index is 4.36. The van der Waals surface area contributed by atoms with E-state index in [1.807, 2.05) is 0 Å². The topological polar surface area (TPSA) is 12.0 Å². The number of hydrogen-bond donors (Lipinski definition) is 1. The molecule has 1 heterocycles. The van der Waals surface area contributed by atoms with Crippen molar-refractivity contribution in [1.82, 2.24) is 5.32 Å². The largest absolute Gasteiger partial charge is 0.308 e. The lowest BCUT2D eigenvalue weighted by Gasteiger charge is -2.36. The highest BCUT2D eigenvalue weighted by molar-refractivity contribution is 5.14. The van der Waals surface area contributed by atoms with Gasteiger partial charge in [0.15, 0.2) is 0 Å². The van der Waals surface area contributed by atoms with Crippen LogP contribution in [0.4, 0.5) is 0 Å². The molecule has 0 aromatic heterocycles. The Bertz CT molecular complexity index is 242. The summed E-state index contributed by atoms with van der Waals surface area (Å²) >= 11 is 0. The minimum atomic E-state index is 0.205. The molecule has 1 aliphatic heterocycles. The molecule has 16 heavy (non-hydrogen) atoms. The Morgan fingerprint density at radius 1 is 1.38 bits per heavy atom. The van der Waals surface area contributed by atoms with Gasteiger partial charge in [-0.15, -0.1) is 0 Å². The van der Waals surface area contributed by atoms with Gasteiger partial charge in [0.25, 0.3) is 0 Å². The first kappa shape index (κ1) is 13.8. The maximum atomic E-state index is 4.36. The normalized spacial score (nSPS) is 34.8. The van der Waals surface area contributed by atoms with Crippen LogP contribution in [0.5, 0.6) is 0 Å². The first-order valence-corrected chi connectivity index (χ1v) is 6.88. The SMILES string of the molecule is C=C1C(C)CC(CCC)NC(C)(C)C1CC. The molecule has 0 aliphatic carbocycles. The fourth-order valence-electron chi connectivity index (χ4n) is 3.38. The fraction of sp³-hybridized carbons (Fsp3) is 0.867. The molecule has 3 atom stereocenters. The second-order valence-corrected chi connectivity index (χ2v) is 6.02. The molecule has 0 aromatic rings. The zero-order valence-electron chi connectivity index (χ0n) is 11.8.